The number of benzene rings is 1. The Hall–Kier alpha value is -3.34. The number of nitrogen functional groups attached to an aromatic ring is 1. The zero-order chi connectivity index (χ0) is 22.0. The molecule has 0 radical (unpaired) electrons. The highest BCUT2D eigenvalue weighted by Crippen LogP contribution is 2.23. The van der Waals surface area contributed by atoms with E-state index in [2.05, 4.69) is 10.2 Å². The largest absolute Gasteiger partial charge is 0.384 e. The van der Waals surface area contributed by atoms with E-state index in [9.17, 15) is 19.2 Å². The van der Waals surface area contributed by atoms with Crippen molar-refractivity contribution >= 4 is 23.4 Å². The van der Waals surface area contributed by atoms with E-state index >= 15 is 0 Å². The summed E-state index contributed by atoms with van der Waals surface area (Å²) in [5.74, 6) is -0.734. The molecule has 10 nitrogen and oxygen atoms in total. The quantitative estimate of drug-likeness (QED) is 0.402. The topological polar surface area (TPSA) is 138 Å². The summed E-state index contributed by atoms with van der Waals surface area (Å²) < 4.78 is 3.34. The van der Waals surface area contributed by atoms with E-state index in [0.29, 0.717) is 18.1 Å². The van der Waals surface area contributed by atoms with Crippen molar-refractivity contribution in [2.45, 2.75) is 30.3 Å². The number of nitrogens with two attached hydrogens (primary N) is 1. The lowest BCUT2D eigenvalue weighted by atomic mass is 10.1. The number of nitrogens with one attached hydrogen (secondary N) is 1. The average Bonchev–Trinajstić information content (AvgIpc) is 3.09. The Morgan fingerprint density at radius 2 is 1.83 bits per heavy atom. The molecule has 0 bridgehead atoms. The van der Waals surface area contributed by atoms with Gasteiger partial charge in [0.25, 0.3) is 5.56 Å². The molecule has 0 fully saturated rings. The zero-order valence-corrected chi connectivity index (χ0v) is 17.6. The standard InChI is InChI=1S/C19H22N6O4S/c1-11(14(26)13-15(20)23(2)19(29)24(3)16(13)27)30-18-22-21-17(28)25(18)10-9-12-7-5-4-6-8-12/h4-8,11H,9-10,20H2,1-3H3,(H,21,28)/t11-/m1/s1. The molecule has 2 heterocycles. The summed E-state index contributed by atoms with van der Waals surface area (Å²) >= 11 is 1.04. The molecule has 158 valence electrons. The molecule has 1 atom stereocenters. The number of ketones is 1. The minimum atomic E-state index is -0.761. The molecule has 0 aliphatic rings. The first-order chi connectivity index (χ1) is 14.2. The third-order valence-corrected chi connectivity index (χ3v) is 5.89. The number of hydrogen-bond donors (Lipinski definition) is 2. The van der Waals surface area contributed by atoms with Crippen molar-refractivity contribution in [2.24, 2.45) is 14.1 Å². The number of aromatic nitrogens is 5. The number of hydrogen-bond acceptors (Lipinski definition) is 7. The normalized spacial score (nSPS) is 12.1. The molecule has 11 heteroatoms. The number of aryl methyl sites for hydroxylation is 1. The Morgan fingerprint density at radius 3 is 2.50 bits per heavy atom. The first-order valence-corrected chi connectivity index (χ1v) is 10.1. The molecule has 30 heavy (non-hydrogen) atoms. The highest BCUT2D eigenvalue weighted by Gasteiger charge is 2.27. The van der Waals surface area contributed by atoms with E-state index in [1.165, 1.54) is 18.7 Å². The van der Waals surface area contributed by atoms with Crippen molar-refractivity contribution in [2.75, 3.05) is 5.73 Å². The molecule has 0 saturated carbocycles. The molecule has 0 spiro atoms. The van der Waals surface area contributed by atoms with E-state index in [1.54, 1.807) is 6.92 Å². The van der Waals surface area contributed by atoms with Gasteiger partial charge in [0.2, 0.25) is 0 Å². The fraction of sp³-hybridized carbons (Fsp3) is 0.316. The number of H-pyrrole nitrogens is 1. The predicted octanol–water partition coefficient (Wildman–Crippen LogP) is 0.157. The molecule has 3 aromatic rings. The minimum Gasteiger partial charge on any atom is -0.384 e. The lowest BCUT2D eigenvalue weighted by Gasteiger charge is -2.14. The van der Waals surface area contributed by atoms with Gasteiger partial charge in [0.05, 0.1) is 5.25 Å². The second-order valence-corrected chi connectivity index (χ2v) is 8.10. The van der Waals surface area contributed by atoms with Crippen LogP contribution in [0.3, 0.4) is 0 Å². The third-order valence-electron chi connectivity index (χ3n) is 4.80. The van der Waals surface area contributed by atoms with Crippen LogP contribution >= 0.6 is 11.8 Å². The average molecular weight is 430 g/mol. The number of nitrogens with zero attached hydrogens (tertiary/aromatic N) is 4. The SMILES string of the molecule is C[C@@H](Sc1n[nH]c(=O)n1CCc1ccccc1)C(=O)c1c(N)n(C)c(=O)n(C)c1=O. The van der Waals surface area contributed by atoms with Gasteiger partial charge in [-0.25, -0.2) is 14.7 Å². The molecule has 3 N–H and O–H groups in total. The fourth-order valence-corrected chi connectivity index (χ4v) is 3.92. The first-order valence-electron chi connectivity index (χ1n) is 9.17. The Kier molecular flexibility index (Phi) is 6.11. The number of carbonyl (C=O) groups is 1. The summed E-state index contributed by atoms with van der Waals surface area (Å²) in [6.07, 6.45) is 0.616. The van der Waals surface area contributed by atoms with Crippen LogP contribution in [0.15, 0.2) is 49.9 Å². The van der Waals surface area contributed by atoms with Crippen LogP contribution in [-0.4, -0.2) is 34.9 Å². The summed E-state index contributed by atoms with van der Waals surface area (Å²) in [6.45, 7) is 1.98. The Balaban J connectivity index is 1.85. The number of carbonyl (C=O) groups excluding carboxylic acids is 1. The number of Topliss-reactive ketones (excluding diaryl/α,β-unsaturated/α-hetero) is 1. The molecule has 0 amide bonds. The van der Waals surface area contributed by atoms with E-state index in [1.807, 2.05) is 30.3 Å². The molecule has 1 aromatic carbocycles. The summed E-state index contributed by atoms with van der Waals surface area (Å²) in [4.78, 5) is 49.5. The van der Waals surface area contributed by atoms with Crippen molar-refractivity contribution in [1.82, 2.24) is 23.9 Å². The second-order valence-electron chi connectivity index (χ2n) is 6.79. The Bertz CT molecular complexity index is 1250. The van der Waals surface area contributed by atoms with Gasteiger partial charge in [0, 0.05) is 20.6 Å². The number of rotatable bonds is 7. The van der Waals surface area contributed by atoms with Crippen LogP contribution in [0, 0.1) is 0 Å². The third kappa shape index (κ3) is 4.01. The number of anilines is 1. The molecule has 0 aliphatic carbocycles. The highest BCUT2D eigenvalue weighted by atomic mass is 32.2. The summed E-state index contributed by atoms with van der Waals surface area (Å²) in [7, 11) is 2.67. The number of thioether (sulfide) groups is 1. The Labute approximate surface area is 175 Å². The monoisotopic (exact) mass is 430 g/mol. The van der Waals surface area contributed by atoms with Gasteiger partial charge in [-0.15, -0.1) is 5.10 Å². The van der Waals surface area contributed by atoms with Crippen molar-refractivity contribution in [3.8, 4) is 0 Å². The molecule has 0 unspecified atom stereocenters. The summed E-state index contributed by atoms with van der Waals surface area (Å²) in [5.41, 5.74) is 4.93. The zero-order valence-electron chi connectivity index (χ0n) is 16.8. The first kappa shape index (κ1) is 21.4. The highest BCUT2D eigenvalue weighted by molar-refractivity contribution is 8.00. The van der Waals surface area contributed by atoms with Crippen molar-refractivity contribution in [3.63, 3.8) is 0 Å². The van der Waals surface area contributed by atoms with Gasteiger partial charge in [-0.05, 0) is 18.9 Å². The van der Waals surface area contributed by atoms with Crippen molar-refractivity contribution in [3.05, 3.63) is 72.8 Å². The van der Waals surface area contributed by atoms with Crippen LogP contribution in [0.2, 0.25) is 0 Å². The van der Waals surface area contributed by atoms with Crippen LogP contribution in [-0.2, 0) is 27.1 Å². The van der Waals surface area contributed by atoms with Gasteiger partial charge in [-0.1, -0.05) is 42.1 Å². The van der Waals surface area contributed by atoms with Crippen LogP contribution in [0.25, 0.3) is 0 Å². The molecule has 0 aliphatic heterocycles. The van der Waals surface area contributed by atoms with Gasteiger partial charge < -0.3 is 5.73 Å². The molecular weight excluding hydrogens is 408 g/mol. The smallest absolute Gasteiger partial charge is 0.343 e. The van der Waals surface area contributed by atoms with Crippen LogP contribution < -0.4 is 22.7 Å². The van der Waals surface area contributed by atoms with Gasteiger partial charge in [0.15, 0.2) is 10.9 Å². The van der Waals surface area contributed by atoms with Crippen LogP contribution in [0.5, 0.6) is 0 Å². The summed E-state index contributed by atoms with van der Waals surface area (Å²) in [5, 5.41) is 5.97. The molecule has 2 aromatic heterocycles. The minimum absolute atomic E-state index is 0.191. The van der Waals surface area contributed by atoms with Crippen LogP contribution in [0.1, 0.15) is 22.8 Å². The van der Waals surface area contributed by atoms with Crippen molar-refractivity contribution in [1.29, 1.82) is 0 Å². The van der Waals surface area contributed by atoms with Gasteiger partial charge >= 0.3 is 11.4 Å². The second kappa shape index (κ2) is 8.57. The van der Waals surface area contributed by atoms with Crippen LogP contribution in [0.4, 0.5) is 5.82 Å². The maximum absolute atomic E-state index is 12.9. The van der Waals surface area contributed by atoms with E-state index in [4.69, 9.17) is 5.73 Å². The van der Waals surface area contributed by atoms with Gasteiger partial charge in [-0.3, -0.25) is 23.3 Å². The molecule has 0 saturated heterocycles. The predicted molar refractivity (Wildman–Crippen MR) is 114 cm³/mol. The van der Waals surface area contributed by atoms with Gasteiger partial charge in [-0.2, -0.15) is 0 Å². The number of aromatic amines is 1. The van der Waals surface area contributed by atoms with Crippen molar-refractivity contribution < 1.29 is 4.79 Å². The lowest BCUT2D eigenvalue weighted by molar-refractivity contribution is 0.0992. The fourth-order valence-electron chi connectivity index (χ4n) is 2.98. The maximum atomic E-state index is 12.9. The Morgan fingerprint density at radius 1 is 1.17 bits per heavy atom. The van der Waals surface area contributed by atoms with E-state index in [-0.39, 0.29) is 17.1 Å². The van der Waals surface area contributed by atoms with E-state index < -0.39 is 22.3 Å². The molecule has 3 rings (SSSR count). The van der Waals surface area contributed by atoms with Gasteiger partial charge in [0.1, 0.15) is 11.4 Å². The maximum Gasteiger partial charge on any atom is 0.343 e. The summed E-state index contributed by atoms with van der Waals surface area (Å²) in [6, 6.07) is 9.67. The van der Waals surface area contributed by atoms with E-state index in [0.717, 1.165) is 26.5 Å². The molecular formula is C19H22N6O4S. The lowest BCUT2D eigenvalue weighted by Crippen LogP contribution is -2.42.